The Morgan fingerprint density at radius 3 is 2.28 bits per heavy atom. The molecule has 94 valence electrons. The monoisotopic (exact) mass is 282 g/mol. The maximum Gasteiger partial charge on any atom is 0.335 e. The van der Waals surface area contributed by atoms with Gasteiger partial charge in [-0.3, -0.25) is 0 Å². The van der Waals surface area contributed by atoms with Crippen LogP contribution in [0.15, 0.2) is 52.6 Å². The van der Waals surface area contributed by atoms with E-state index in [1.54, 1.807) is 23.6 Å². The second kappa shape index (κ2) is 6.98. The average Bonchev–Trinajstić information content (AvgIpc) is 2.86. The summed E-state index contributed by atoms with van der Waals surface area (Å²) in [6, 6.07) is 7.71. The molecule has 0 bridgehead atoms. The van der Waals surface area contributed by atoms with Gasteiger partial charge in [-0.2, -0.15) is 11.3 Å². The Kier molecular flexibility index (Phi) is 5.61. The first kappa shape index (κ1) is 14.5. The van der Waals surface area contributed by atoms with Crippen LogP contribution in [0.4, 0.5) is 4.39 Å². The number of benzene rings is 1. The van der Waals surface area contributed by atoms with Gasteiger partial charge in [-0.25, -0.2) is 9.18 Å². The Morgan fingerprint density at radius 1 is 1.28 bits per heavy atom. The van der Waals surface area contributed by atoms with Crippen LogP contribution in [0.3, 0.4) is 0 Å². The molecule has 2 nitrogen and oxygen atoms in total. The summed E-state index contributed by atoms with van der Waals surface area (Å²) in [6.07, 6.45) is 0. The minimum Gasteiger partial charge on any atom is -0.478 e. The minimum absolute atomic E-state index is 0.154. The van der Waals surface area contributed by atoms with E-state index in [-0.39, 0.29) is 11.4 Å². The van der Waals surface area contributed by atoms with E-state index >= 15 is 0 Å². The number of carboxylic acid groups (broad SMARTS) is 1. The summed E-state index contributed by atoms with van der Waals surface area (Å²) >= 11 is 5.43. The zero-order valence-electron chi connectivity index (χ0n) is 9.34. The quantitative estimate of drug-likeness (QED) is 0.646. The van der Waals surface area contributed by atoms with E-state index in [0.717, 1.165) is 4.90 Å². The first-order valence-electron chi connectivity index (χ1n) is 4.90. The predicted octanol–water partition coefficient (Wildman–Crippen LogP) is 3.96. The second-order valence-corrected chi connectivity index (χ2v) is 4.57. The molecule has 18 heavy (non-hydrogen) atoms. The SMILES string of the molecule is C=C(C(=O)O)c1ccsc1.Fc1ccc(S)cc1. The minimum atomic E-state index is -0.960. The van der Waals surface area contributed by atoms with Gasteiger partial charge in [0.05, 0.1) is 5.57 Å². The molecule has 2 aromatic rings. The van der Waals surface area contributed by atoms with Crippen LogP contribution in [0, 0.1) is 5.82 Å². The van der Waals surface area contributed by atoms with Gasteiger partial charge >= 0.3 is 5.97 Å². The Bertz CT molecular complexity index is 497. The lowest BCUT2D eigenvalue weighted by Gasteiger charge is -1.91. The van der Waals surface area contributed by atoms with Crippen LogP contribution in [0.25, 0.3) is 5.57 Å². The molecular weight excluding hydrogens is 271 g/mol. The Hall–Kier alpha value is -1.59. The number of hydrogen-bond donors (Lipinski definition) is 2. The predicted molar refractivity (Wildman–Crippen MR) is 74.6 cm³/mol. The van der Waals surface area contributed by atoms with Gasteiger partial charge in [0.15, 0.2) is 0 Å². The molecule has 0 saturated carbocycles. The third-order valence-electron chi connectivity index (χ3n) is 1.95. The second-order valence-electron chi connectivity index (χ2n) is 3.27. The molecule has 1 aromatic heterocycles. The normalized spacial score (nSPS) is 9.22. The van der Waals surface area contributed by atoms with Crippen molar-refractivity contribution in [1.82, 2.24) is 0 Å². The number of thiophene rings is 1. The number of thiol groups is 1. The Balaban J connectivity index is 0.000000184. The van der Waals surface area contributed by atoms with E-state index in [0.29, 0.717) is 5.56 Å². The maximum absolute atomic E-state index is 12.1. The van der Waals surface area contributed by atoms with Crippen LogP contribution >= 0.6 is 24.0 Å². The van der Waals surface area contributed by atoms with Crippen molar-refractivity contribution in [2.24, 2.45) is 0 Å². The molecule has 0 amide bonds. The third kappa shape index (κ3) is 4.73. The molecule has 1 aromatic carbocycles. The van der Waals surface area contributed by atoms with Crippen LogP contribution in [0.5, 0.6) is 0 Å². The fraction of sp³-hybridized carbons (Fsp3) is 0. The van der Waals surface area contributed by atoms with E-state index in [1.807, 2.05) is 5.38 Å². The Labute approximate surface area is 114 Å². The molecule has 0 aliphatic carbocycles. The number of rotatable bonds is 2. The van der Waals surface area contributed by atoms with E-state index in [4.69, 9.17) is 5.11 Å². The van der Waals surface area contributed by atoms with E-state index < -0.39 is 5.97 Å². The molecule has 1 heterocycles. The lowest BCUT2D eigenvalue weighted by molar-refractivity contribution is -0.130. The summed E-state index contributed by atoms with van der Waals surface area (Å²) in [6.45, 7) is 3.40. The highest BCUT2D eigenvalue weighted by Gasteiger charge is 2.05. The van der Waals surface area contributed by atoms with Crippen LogP contribution in [-0.2, 0) is 4.79 Å². The van der Waals surface area contributed by atoms with Gasteiger partial charge in [0.2, 0.25) is 0 Å². The third-order valence-corrected chi connectivity index (χ3v) is 2.94. The van der Waals surface area contributed by atoms with Gasteiger partial charge in [-0.05, 0) is 46.7 Å². The fourth-order valence-electron chi connectivity index (χ4n) is 1.00. The van der Waals surface area contributed by atoms with Crippen molar-refractivity contribution in [3.63, 3.8) is 0 Å². The number of aliphatic carboxylic acids is 1. The highest BCUT2D eigenvalue weighted by molar-refractivity contribution is 7.80. The molecule has 0 spiro atoms. The zero-order chi connectivity index (χ0) is 13.5. The smallest absolute Gasteiger partial charge is 0.335 e. The van der Waals surface area contributed by atoms with Crippen molar-refractivity contribution < 1.29 is 14.3 Å². The van der Waals surface area contributed by atoms with Crippen LogP contribution < -0.4 is 0 Å². The maximum atomic E-state index is 12.1. The summed E-state index contributed by atoms with van der Waals surface area (Å²) in [5.74, 6) is -1.18. The summed E-state index contributed by atoms with van der Waals surface area (Å²) < 4.78 is 12.1. The number of hydrogen-bond acceptors (Lipinski definition) is 3. The molecule has 0 atom stereocenters. The summed E-state index contributed by atoms with van der Waals surface area (Å²) in [4.78, 5) is 11.1. The fourth-order valence-corrected chi connectivity index (χ4v) is 1.82. The van der Waals surface area contributed by atoms with Crippen molar-refractivity contribution in [2.75, 3.05) is 0 Å². The van der Waals surface area contributed by atoms with Gasteiger partial charge in [0, 0.05) is 4.90 Å². The highest BCUT2D eigenvalue weighted by atomic mass is 32.1. The van der Waals surface area contributed by atoms with Gasteiger partial charge < -0.3 is 5.11 Å². The van der Waals surface area contributed by atoms with E-state index in [2.05, 4.69) is 19.2 Å². The van der Waals surface area contributed by atoms with Crippen molar-refractivity contribution in [3.05, 3.63) is 59.1 Å². The van der Waals surface area contributed by atoms with Gasteiger partial charge in [-0.1, -0.05) is 6.58 Å². The molecule has 0 radical (unpaired) electrons. The van der Waals surface area contributed by atoms with Gasteiger partial charge in [-0.15, -0.1) is 12.6 Å². The lowest BCUT2D eigenvalue weighted by Crippen LogP contribution is -1.95. The summed E-state index contributed by atoms with van der Waals surface area (Å²) in [7, 11) is 0. The zero-order valence-corrected chi connectivity index (χ0v) is 11.0. The largest absolute Gasteiger partial charge is 0.478 e. The van der Waals surface area contributed by atoms with Gasteiger partial charge in [0.1, 0.15) is 5.82 Å². The molecule has 0 fully saturated rings. The molecule has 0 saturated heterocycles. The lowest BCUT2D eigenvalue weighted by atomic mass is 10.2. The molecule has 1 N–H and O–H groups in total. The van der Waals surface area contributed by atoms with E-state index in [9.17, 15) is 9.18 Å². The van der Waals surface area contributed by atoms with Crippen LogP contribution in [0.1, 0.15) is 5.56 Å². The van der Waals surface area contributed by atoms with Gasteiger partial charge in [0.25, 0.3) is 0 Å². The van der Waals surface area contributed by atoms with Crippen molar-refractivity contribution in [1.29, 1.82) is 0 Å². The molecule has 0 unspecified atom stereocenters. The van der Waals surface area contributed by atoms with Crippen molar-refractivity contribution in [3.8, 4) is 0 Å². The first-order chi connectivity index (χ1) is 8.50. The summed E-state index contributed by atoms with van der Waals surface area (Å²) in [5.41, 5.74) is 0.846. The molecular formula is C13H11FO2S2. The first-order valence-corrected chi connectivity index (χ1v) is 6.29. The summed E-state index contributed by atoms with van der Waals surface area (Å²) in [5, 5.41) is 12.0. The van der Waals surface area contributed by atoms with E-state index in [1.165, 1.54) is 23.5 Å². The van der Waals surface area contributed by atoms with Crippen molar-refractivity contribution in [2.45, 2.75) is 4.90 Å². The average molecular weight is 282 g/mol. The molecule has 5 heteroatoms. The number of carboxylic acids is 1. The standard InChI is InChI=1S/C7H6O2S.C6H5FS/c1-5(7(8)9)6-2-3-10-4-6;7-5-1-3-6(8)4-2-5/h2-4H,1H2,(H,8,9);1-4,8H. The Morgan fingerprint density at radius 2 is 1.89 bits per heavy atom. The topological polar surface area (TPSA) is 37.3 Å². The highest BCUT2D eigenvalue weighted by Crippen LogP contribution is 2.15. The van der Waals surface area contributed by atoms with Crippen molar-refractivity contribution >= 4 is 35.5 Å². The van der Waals surface area contributed by atoms with Crippen LogP contribution in [-0.4, -0.2) is 11.1 Å². The molecule has 0 aliphatic heterocycles. The number of halogens is 1. The number of carbonyl (C=O) groups is 1. The van der Waals surface area contributed by atoms with Crippen LogP contribution in [0.2, 0.25) is 0 Å². The molecule has 2 rings (SSSR count). The molecule has 0 aliphatic rings.